The van der Waals surface area contributed by atoms with E-state index in [9.17, 15) is 0 Å². The van der Waals surface area contributed by atoms with Crippen molar-refractivity contribution >= 4 is 0 Å². The van der Waals surface area contributed by atoms with Crippen molar-refractivity contribution in [3.8, 4) is 0 Å². The van der Waals surface area contributed by atoms with Gasteiger partial charge in [0.2, 0.25) is 0 Å². The maximum absolute atomic E-state index is 8.90. The zero-order valence-electron chi connectivity index (χ0n) is 10.2. The van der Waals surface area contributed by atoms with Crippen molar-refractivity contribution in [3.63, 3.8) is 0 Å². The van der Waals surface area contributed by atoms with Crippen molar-refractivity contribution in [3.05, 3.63) is 0 Å². The summed E-state index contributed by atoms with van der Waals surface area (Å²) in [6, 6.07) is 0.525. The maximum Gasteiger partial charge on any atom is 0.0558 e. The van der Waals surface area contributed by atoms with E-state index in [4.69, 9.17) is 5.11 Å². The first-order chi connectivity index (χ1) is 6.61. The van der Waals surface area contributed by atoms with Gasteiger partial charge in [0.05, 0.1) is 6.61 Å². The smallest absolute Gasteiger partial charge is 0.0558 e. The van der Waals surface area contributed by atoms with Gasteiger partial charge in [0.15, 0.2) is 0 Å². The average molecular weight is 202 g/mol. The van der Waals surface area contributed by atoms with Crippen LogP contribution >= 0.6 is 0 Å². The number of aliphatic hydroxyl groups excluding tert-OH is 1. The van der Waals surface area contributed by atoms with E-state index in [0.717, 1.165) is 26.2 Å². The van der Waals surface area contributed by atoms with Gasteiger partial charge in [0, 0.05) is 25.7 Å². The molecule has 0 aromatic carbocycles. The average Bonchev–Trinajstić information content (AvgIpc) is 2.12. The van der Waals surface area contributed by atoms with Crippen LogP contribution in [0.15, 0.2) is 0 Å². The minimum absolute atomic E-state index is 0.260. The Morgan fingerprint density at radius 3 is 2.14 bits per heavy atom. The molecule has 0 saturated carbocycles. The van der Waals surface area contributed by atoms with Crippen LogP contribution < -0.4 is 0 Å². The van der Waals surface area contributed by atoms with Crippen LogP contribution in [0.2, 0.25) is 0 Å². The predicted octanol–water partition coefficient (Wildman–Crippen LogP) is 1.03. The van der Waals surface area contributed by atoms with Crippen molar-refractivity contribution in [1.29, 1.82) is 0 Å². The minimum atomic E-state index is 0.260. The molecule has 1 N–H and O–H groups in total. The first-order valence-corrected chi connectivity index (χ1v) is 5.65. The molecule has 14 heavy (non-hydrogen) atoms. The highest BCUT2D eigenvalue weighted by molar-refractivity contribution is 4.64. The zero-order valence-corrected chi connectivity index (χ0v) is 10.2. The molecule has 3 heteroatoms. The molecule has 0 unspecified atom stereocenters. The lowest BCUT2D eigenvalue weighted by atomic mass is 10.3. The van der Waals surface area contributed by atoms with Crippen LogP contribution in [0.4, 0.5) is 0 Å². The maximum atomic E-state index is 8.90. The fourth-order valence-electron chi connectivity index (χ4n) is 1.55. The predicted molar refractivity (Wildman–Crippen MR) is 61.6 cm³/mol. The Hall–Kier alpha value is -0.120. The second-order valence-corrected chi connectivity index (χ2v) is 4.16. The van der Waals surface area contributed by atoms with Crippen molar-refractivity contribution in [1.82, 2.24) is 9.80 Å². The van der Waals surface area contributed by atoms with Crippen molar-refractivity contribution in [2.24, 2.45) is 0 Å². The third-order valence-electron chi connectivity index (χ3n) is 2.49. The lowest BCUT2D eigenvalue weighted by molar-refractivity contribution is 0.150. The van der Waals surface area contributed by atoms with Gasteiger partial charge in [-0.15, -0.1) is 0 Å². The molecular weight excluding hydrogens is 176 g/mol. The van der Waals surface area contributed by atoms with Gasteiger partial charge in [-0.1, -0.05) is 6.92 Å². The molecule has 0 amide bonds. The summed E-state index contributed by atoms with van der Waals surface area (Å²) < 4.78 is 0. The first-order valence-electron chi connectivity index (χ1n) is 5.65. The number of hydrogen-bond donors (Lipinski definition) is 1. The summed E-state index contributed by atoms with van der Waals surface area (Å²) >= 11 is 0. The highest BCUT2D eigenvalue weighted by Crippen LogP contribution is 1.97. The quantitative estimate of drug-likeness (QED) is 0.637. The van der Waals surface area contributed by atoms with Crippen LogP contribution in [0.5, 0.6) is 0 Å². The summed E-state index contributed by atoms with van der Waals surface area (Å²) in [4.78, 5) is 4.65. The molecule has 0 rings (SSSR count). The van der Waals surface area contributed by atoms with Gasteiger partial charge in [0.25, 0.3) is 0 Å². The third-order valence-corrected chi connectivity index (χ3v) is 2.49. The Labute approximate surface area is 88.7 Å². The van der Waals surface area contributed by atoms with Crippen molar-refractivity contribution in [2.75, 3.05) is 39.8 Å². The van der Waals surface area contributed by atoms with Crippen LogP contribution in [0, 0.1) is 0 Å². The molecule has 0 aromatic rings. The number of rotatable bonds is 8. The fraction of sp³-hybridized carbons (Fsp3) is 1.00. The fourth-order valence-corrected chi connectivity index (χ4v) is 1.55. The molecular formula is C11H26N2O. The van der Waals surface area contributed by atoms with Gasteiger partial charge in [0.1, 0.15) is 0 Å². The van der Waals surface area contributed by atoms with Crippen LogP contribution in [0.3, 0.4) is 0 Å². The Kier molecular flexibility index (Phi) is 8.14. The summed E-state index contributed by atoms with van der Waals surface area (Å²) in [6.07, 6.45) is 1.21. The molecule has 0 aliphatic heterocycles. The van der Waals surface area contributed by atoms with Gasteiger partial charge in [-0.2, -0.15) is 0 Å². The molecule has 0 atom stereocenters. The topological polar surface area (TPSA) is 26.7 Å². The Bertz CT molecular complexity index is 128. The van der Waals surface area contributed by atoms with E-state index in [2.05, 4.69) is 37.6 Å². The molecule has 0 bridgehead atoms. The molecule has 0 aromatic heterocycles. The van der Waals surface area contributed by atoms with Gasteiger partial charge >= 0.3 is 0 Å². The van der Waals surface area contributed by atoms with E-state index in [-0.39, 0.29) is 6.61 Å². The van der Waals surface area contributed by atoms with Crippen molar-refractivity contribution < 1.29 is 5.11 Å². The number of hydrogen-bond acceptors (Lipinski definition) is 3. The molecule has 0 aliphatic carbocycles. The van der Waals surface area contributed by atoms with Gasteiger partial charge in [-0.25, -0.2) is 0 Å². The zero-order chi connectivity index (χ0) is 11.0. The van der Waals surface area contributed by atoms with E-state index < -0.39 is 0 Å². The lowest BCUT2D eigenvalue weighted by Gasteiger charge is -2.27. The van der Waals surface area contributed by atoms with Crippen LogP contribution in [-0.4, -0.2) is 60.8 Å². The molecule has 0 heterocycles. The summed E-state index contributed by atoms with van der Waals surface area (Å²) in [5.74, 6) is 0. The summed E-state index contributed by atoms with van der Waals surface area (Å²) in [7, 11) is 2.15. The summed E-state index contributed by atoms with van der Waals surface area (Å²) in [5.41, 5.74) is 0. The van der Waals surface area contributed by atoms with E-state index in [1.807, 2.05) is 0 Å². The third kappa shape index (κ3) is 6.35. The number of aliphatic hydroxyl groups is 1. The second-order valence-electron chi connectivity index (χ2n) is 4.16. The van der Waals surface area contributed by atoms with E-state index >= 15 is 0 Å². The Morgan fingerprint density at radius 2 is 1.71 bits per heavy atom. The van der Waals surface area contributed by atoms with Gasteiger partial charge in [-0.3, -0.25) is 4.90 Å². The molecule has 0 aliphatic rings. The van der Waals surface area contributed by atoms with E-state index in [1.54, 1.807) is 0 Å². The van der Waals surface area contributed by atoms with Crippen LogP contribution in [0.25, 0.3) is 0 Å². The van der Waals surface area contributed by atoms with E-state index in [0.29, 0.717) is 6.04 Å². The Morgan fingerprint density at radius 1 is 1.07 bits per heavy atom. The largest absolute Gasteiger partial charge is 0.395 e. The summed E-state index contributed by atoms with van der Waals surface area (Å²) in [5, 5.41) is 8.90. The van der Waals surface area contributed by atoms with Crippen molar-refractivity contribution in [2.45, 2.75) is 33.2 Å². The first kappa shape index (κ1) is 13.9. The molecule has 0 saturated heterocycles. The molecule has 0 radical (unpaired) electrons. The SMILES string of the molecule is CCCN(C)CCN(CCO)C(C)C. The standard InChI is InChI=1S/C11H26N2O/c1-5-6-12(4)7-8-13(9-10-14)11(2)3/h11,14H,5-10H2,1-4H3. The molecule has 3 nitrogen and oxygen atoms in total. The van der Waals surface area contributed by atoms with Gasteiger partial charge in [-0.05, 0) is 33.9 Å². The van der Waals surface area contributed by atoms with Crippen LogP contribution in [0.1, 0.15) is 27.2 Å². The van der Waals surface area contributed by atoms with E-state index in [1.165, 1.54) is 6.42 Å². The Balaban J connectivity index is 3.69. The lowest BCUT2D eigenvalue weighted by Crippen LogP contribution is -2.39. The summed E-state index contributed by atoms with van der Waals surface area (Å²) in [6.45, 7) is 10.9. The highest BCUT2D eigenvalue weighted by Gasteiger charge is 2.08. The highest BCUT2D eigenvalue weighted by atomic mass is 16.3. The molecule has 0 spiro atoms. The van der Waals surface area contributed by atoms with Gasteiger partial charge < -0.3 is 10.0 Å². The minimum Gasteiger partial charge on any atom is -0.395 e. The monoisotopic (exact) mass is 202 g/mol. The van der Waals surface area contributed by atoms with Crippen LogP contribution in [-0.2, 0) is 0 Å². The number of nitrogens with zero attached hydrogens (tertiary/aromatic N) is 2. The normalized spacial score (nSPS) is 12.0. The molecule has 86 valence electrons. The molecule has 0 fully saturated rings. The number of likely N-dealkylation sites (N-methyl/N-ethyl adjacent to an activating group) is 1. The second kappa shape index (κ2) is 8.21.